The van der Waals surface area contributed by atoms with Gasteiger partial charge in [-0.05, 0) is 13.8 Å². The predicted molar refractivity (Wildman–Crippen MR) is 33.8 cm³/mol. The Morgan fingerprint density at radius 2 is 1.89 bits per heavy atom. The third kappa shape index (κ3) is 6.09. The van der Waals surface area contributed by atoms with Gasteiger partial charge in [-0.3, -0.25) is 0 Å². The number of rotatable bonds is 3. The summed E-state index contributed by atoms with van der Waals surface area (Å²) >= 11 is 0. The standard InChI is InChI=1S/C6H15NO.ClH/c1-6(2,8-4)5-7-3;/h7H,5H2,1-4H3;1H. The lowest BCUT2D eigenvalue weighted by Crippen LogP contribution is -3.00. The van der Waals surface area contributed by atoms with Gasteiger partial charge in [0.1, 0.15) is 12.1 Å². The van der Waals surface area contributed by atoms with Crippen LogP contribution < -0.4 is 17.7 Å². The topological polar surface area (TPSA) is 25.8 Å². The molecule has 0 heterocycles. The molecule has 0 aromatic rings. The van der Waals surface area contributed by atoms with E-state index in [0.717, 1.165) is 6.54 Å². The third-order valence-electron chi connectivity index (χ3n) is 1.25. The van der Waals surface area contributed by atoms with Gasteiger partial charge in [-0.1, -0.05) is 0 Å². The summed E-state index contributed by atoms with van der Waals surface area (Å²) in [6.45, 7) is 5.17. The Hall–Kier alpha value is 0.210. The fraction of sp³-hybridized carbons (Fsp3) is 1.00. The van der Waals surface area contributed by atoms with Crippen molar-refractivity contribution in [1.82, 2.24) is 0 Å². The van der Waals surface area contributed by atoms with Crippen LogP contribution in [0.4, 0.5) is 0 Å². The monoisotopic (exact) mass is 153 g/mol. The normalized spacial score (nSPS) is 10.7. The molecule has 0 aliphatic rings. The lowest BCUT2D eigenvalue weighted by atomic mass is 10.1. The van der Waals surface area contributed by atoms with Crippen molar-refractivity contribution < 1.29 is 22.5 Å². The van der Waals surface area contributed by atoms with Crippen LogP contribution in [-0.4, -0.2) is 26.3 Å². The van der Waals surface area contributed by atoms with E-state index in [9.17, 15) is 0 Å². The average Bonchev–Trinajstić information content (AvgIpc) is 1.67. The molecule has 58 valence electrons. The Bertz CT molecular complexity index is 66.1. The number of halogens is 1. The van der Waals surface area contributed by atoms with Crippen LogP contribution in [0.25, 0.3) is 0 Å². The zero-order valence-electron chi connectivity index (χ0n) is 6.57. The molecule has 0 saturated carbocycles. The molecule has 0 rings (SSSR count). The number of hydrogen-bond acceptors (Lipinski definition) is 1. The highest BCUT2D eigenvalue weighted by Crippen LogP contribution is 2.01. The minimum Gasteiger partial charge on any atom is -1.00 e. The highest BCUT2D eigenvalue weighted by molar-refractivity contribution is 4.63. The van der Waals surface area contributed by atoms with Crippen molar-refractivity contribution in [3.8, 4) is 0 Å². The van der Waals surface area contributed by atoms with Crippen LogP contribution in [0.3, 0.4) is 0 Å². The van der Waals surface area contributed by atoms with Gasteiger partial charge >= 0.3 is 0 Å². The number of quaternary nitrogens is 1. The van der Waals surface area contributed by atoms with Crippen LogP contribution in [0.15, 0.2) is 0 Å². The van der Waals surface area contributed by atoms with Gasteiger partial charge in [0.05, 0.1) is 7.05 Å². The molecule has 0 aliphatic carbocycles. The van der Waals surface area contributed by atoms with E-state index in [4.69, 9.17) is 4.74 Å². The van der Waals surface area contributed by atoms with E-state index in [1.165, 1.54) is 0 Å². The molecule has 9 heavy (non-hydrogen) atoms. The highest BCUT2D eigenvalue weighted by atomic mass is 35.5. The van der Waals surface area contributed by atoms with Crippen molar-refractivity contribution in [3.05, 3.63) is 0 Å². The van der Waals surface area contributed by atoms with E-state index in [2.05, 4.69) is 19.2 Å². The summed E-state index contributed by atoms with van der Waals surface area (Å²) in [4.78, 5) is 0. The molecule has 2 N–H and O–H groups in total. The average molecular weight is 154 g/mol. The number of ether oxygens (including phenoxy) is 1. The van der Waals surface area contributed by atoms with Crippen LogP contribution >= 0.6 is 0 Å². The molecular formula is C6H16ClNO. The molecule has 0 radical (unpaired) electrons. The van der Waals surface area contributed by atoms with Crippen molar-refractivity contribution in [3.63, 3.8) is 0 Å². The van der Waals surface area contributed by atoms with Crippen LogP contribution in [0, 0.1) is 0 Å². The van der Waals surface area contributed by atoms with Gasteiger partial charge in [0.2, 0.25) is 0 Å². The smallest absolute Gasteiger partial charge is 0.111 e. The van der Waals surface area contributed by atoms with E-state index in [0.29, 0.717) is 0 Å². The first kappa shape index (κ1) is 11.9. The molecule has 0 unspecified atom stereocenters. The molecule has 0 amide bonds. The lowest BCUT2D eigenvalue weighted by Gasteiger charge is -2.18. The summed E-state index contributed by atoms with van der Waals surface area (Å²) in [5, 5.41) is 2.11. The first-order chi connectivity index (χ1) is 3.62. The molecule has 2 nitrogen and oxygen atoms in total. The SMILES string of the molecule is C[NH2+]CC(C)(C)OC.[Cl-]. The summed E-state index contributed by atoms with van der Waals surface area (Å²) in [5.41, 5.74) is 0.0365. The van der Waals surface area contributed by atoms with E-state index in [-0.39, 0.29) is 18.0 Å². The van der Waals surface area contributed by atoms with Gasteiger partial charge in [-0.15, -0.1) is 0 Å². The second-order valence-electron chi connectivity index (χ2n) is 2.58. The molecule has 0 aliphatic heterocycles. The van der Waals surface area contributed by atoms with Crippen molar-refractivity contribution in [2.45, 2.75) is 19.4 Å². The van der Waals surface area contributed by atoms with Crippen molar-refractivity contribution >= 4 is 0 Å². The van der Waals surface area contributed by atoms with Crippen LogP contribution in [0.2, 0.25) is 0 Å². The second kappa shape index (κ2) is 5.03. The minimum absolute atomic E-state index is 0. The highest BCUT2D eigenvalue weighted by Gasteiger charge is 2.16. The summed E-state index contributed by atoms with van der Waals surface area (Å²) in [5.74, 6) is 0. The van der Waals surface area contributed by atoms with E-state index in [1.54, 1.807) is 7.11 Å². The van der Waals surface area contributed by atoms with Crippen molar-refractivity contribution in [2.75, 3.05) is 20.7 Å². The summed E-state index contributed by atoms with van der Waals surface area (Å²) in [7, 11) is 3.78. The summed E-state index contributed by atoms with van der Waals surface area (Å²) < 4.78 is 5.15. The molecule has 0 atom stereocenters. The lowest BCUT2D eigenvalue weighted by molar-refractivity contribution is -0.639. The number of hydrogen-bond donors (Lipinski definition) is 1. The molecule has 0 bridgehead atoms. The van der Waals surface area contributed by atoms with E-state index >= 15 is 0 Å². The Morgan fingerprint density at radius 3 is 2.00 bits per heavy atom. The fourth-order valence-electron chi connectivity index (χ4n) is 0.575. The molecule has 0 aromatic heterocycles. The van der Waals surface area contributed by atoms with Crippen molar-refractivity contribution in [2.24, 2.45) is 0 Å². The number of nitrogens with two attached hydrogens (primary N) is 1. The predicted octanol–water partition coefficient (Wildman–Crippen LogP) is -3.39. The van der Waals surface area contributed by atoms with Crippen LogP contribution in [0.1, 0.15) is 13.8 Å². The molecule has 3 heteroatoms. The maximum Gasteiger partial charge on any atom is 0.111 e. The quantitative estimate of drug-likeness (QED) is 0.450. The van der Waals surface area contributed by atoms with Gasteiger partial charge in [0.25, 0.3) is 0 Å². The van der Waals surface area contributed by atoms with Gasteiger partial charge in [-0.25, -0.2) is 0 Å². The Labute approximate surface area is 63.4 Å². The Kier molecular flexibility index (Phi) is 6.68. The fourth-order valence-corrected chi connectivity index (χ4v) is 0.575. The first-order valence-corrected chi connectivity index (χ1v) is 2.95. The summed E-state index contributed by atoms with van der Waals surface area (Å²) in [6.07, 6.45) is 0. The molecular weight excluding hydrogens is 138 g/mol. The zero-order valence-corrected chi connectivity index (χ0v) is 7.33. The van der Waals surface area contributed by atoms with Gasteiger partial charge in [-0.2, -0.15) is 0 Å². The van der Waals surface area contributed by atoms with E-state index < -0.39 is 0 Å². The molecule has 0 spiro atoms. The number of methoxy groups -OCH3 is 1. The zero-order chi connectivity index (χ0) is 6.62. The van der Waals surface area contributed by atoms with E-state index in [1.807, 2.05) is 7.05 Å². The maximum atomic E-state index is 5.15. The maximum absolute atomic E-state index is 5.15. The summed E-state index contributed by atoms with van der Waals surface area (Å²) in [6, 6.07) is 0. The Balaban J connectivity index is 0. The van der Waals surface area contributed by atoms with Crippen LogP contribution in [-0.2, 0) is 4.74 Å². The second-order valence-corrected chi connectivity index (χ2v) is 2.58. The van der Waals surface area contributed by atoms with Crippen LogP contribution in [0.5, 0.6) is 0 Å². The molecule has 0 aromatic carbocycles. The third-order valence-corrected chi connectivity index (χ3v) is 1.25. The van der Waals surface area contributed by atoms with Gasteiger partial charge in [0, 0.05) is 7.11 Å². The van der Waals surface area contributed by atoms with Gasteiger partial charge in [0.15, 0.2) is 0 Å². The molecule has 0 saturated heterocycles. The number of likely N-dealkylation sites (N-methyl/N-ethyl adjacent to an activating group) is 1. The Morgan fingerprint density at radius 1 is 1.44 bits per heavy atom. The largest absolute Gasteiger partial charge is 1.00 e. The first-order valence-electron chi connectivity index (χ1n) is 2.95. The van der Waals surface area contributed by atoms with Crippen molar-refractivity contribution in [1.29, 1.82) is 0 Å². The van der Waals surface area contributed by atoms with Gasteiger partial charge < -0.3 is 22.5 Å². The molecule has 0 fully saturated rings. The minimum atomic E-state index is 0.